The van der Waals surface area contributed by atoms with Gasteiger partial charge in [-0.3, -0.25) is 4.79 Å². The lowest BCUT2D eigenvalue weighted by atomic mass is 10.1. The molecule has 0 aliphatic heterocycles. The molecule has 6 nitrogen and oxygen atoms in total. The van der Waals surface area contributed by atoms with E-state index in [0.717, 1.165) is 16.7 Å². The second kappa shape index (κ2) is 10.0. The van der Waals surface area contributed by atoms with Crippen molar-refractivity contribution in [1.29, 1.82) is 0 Å². The van der Waals surface area contributed by atoms with Crippen molar-refractivity contribution in [2.75, 3.05) is 20.3 Å². The van der Waals surface area contributed by atoms with Crippen LogP contribution < -0.4 is 10.0 Å². The Bertz CT molecular complexity index is 873. The van der Waals surface area contributed by atoms with E-state index in [0.29, 0.717) is 13.2 Å². The Labute approximate surface area is 160 Å². The molecule has 0 spiro atoms. The smallest absolute Gasteiger partial charge is 0.244 e. The Kier molecular flexibility index (Phi) is 7.72. The molecule has 1 amide bonds. The van der Waals surface area contributed by atoms with Gasteiger partial charge in [-0.05, 0) is 36.3 Å². The molecule has 0 aliphatic carbocycles. The second-order valence-corrected chi connectivity index (χ2v) is 7.76. The normalized spacial score (nSPS) is 11.6. The first-order valence-corrected chi connectivity index (χ1v) is 9.99. The topological polar surface area (TPSA) is 84.5 Å². The van der Waals surface area contributed by atoms with E-state index in [4.69, 9.17) is 4.74 Å². The van der Waals surface area contributed by atoms with Crippen molar-refractivity contribution in [3.05, 3.63) is 71.3 Å². The van der Waals surface area contributed by atoms with Crippen LogP contribution in [0.15, 0.2) is 59.5 Å². The van der Waals surface area contributed by atoms with E-state index in [1.807, 2.05) is 31.2 Å². The summed E-state index contributed by atoms with van der Waals surface area (Å²) in [6.07, 6.45) is 3.22. The van der Waals surface area contributed by atoms with Crippen molar-refractivity contribution in [1.82, 2.24) is 10.0 Å². The zero-order valence-corrected chi connectivity index (χ0v) is 16.3. The lowest BCUT2D eigenvalue weighted by Crippen LogP contribution is -2.27. The molecule has 0 fully saturated rings. The van der Waals surface area contributed by atoms with Crippen LogP contribution in [0.5, 0.6) is 0 Å². The van der Waals surface area contributed by atoms with Crippen LogP contribution in [0, 0.1) is 6.92 Å². The fourth-order valence-corrected chi connectivity index (χ4v) is 3.26. The van der Waals surface area contributed by atoms with E-state index in [2.05, 4.69) is 10.0 Å². The Balaban J connectivity index is 1.87. The first-order valence-electron chi connectivity index (χ1n) is 8.51. The molecular formula is C20H24N2O4S. The number of aryl methyl sites for hydroxylation is 1. The van der Waals surface area contributed by atoms with Gasteiger partial charge in [0.1, 0.15) is 0 Å². The van der Waals surface area contributed by atoms with E-state index in [1.165, 1.54) is 25.3 Å². The molecule has 7 heteroatoms. The van der Waals surface area contributed by atoms with Crippen LogP contribution >= 0.6 is 0 Å². The van der Waals surface area contributed by atoms with E-state index in [9.17, 15) is 13.2 Å². The fourth-order valence-electron chi connectivity index (χ4n) is 2.25. The van der Waals surface area contributed by atoms with Gasteiger partial charge >= 0.3 is 0 Å². The molecule has 0 heterocycles. The van der Waals surface area contributed by atoms with Crippen LogP contribution in [0.1, 0.15) is 16.7 Å². The van der Waals surface area contributed by atoms with E-state index < -0.39 is 10.0 Å². The molecule has 2 aromatic rings. The molecule has 0 aliphatic rings. The molecule has 2 N–H and O–H groups in total. The average molecular weight is 388 g/mol. The highest BCUT2D eigenvalue weighted by molar-refractivity contribution is 7.89. The number of rotatable bonds is 9. The van der Waals surface area contributed by atoms with Gasteiger partial charge in [0.15, 0.2) is 0 Å². The Morgan fingerprint density at radius 3 is 2.37 bits per heavy atom. The van der Waals surface area contributed by atoms with Gasteiger partial charge in [0, 0.05) is 26.3 Å². The third-order valence-electron chi connectivity index (χ3n) is 3.80. The maximum atomic E-state index is 12.1. The van der Waals surface area contributed by atoms with E-state index in [-0.39, 0.29) is 17.3 Å². The van der Waals surface area contributed by atoms with Gasteiger partial charge in [-0.15, -0.1) is 0 Å². The predicted molar refractivity (Wildman–Crippen MR) is 106 cm³/mol. The zero-order chi connectivity index (χ0) is 19.7. The van der Waals surface area contributed by atoms with Gasteiger partial charge in [0.25, 0.3) is 0 Å². The van der Waals surface area contributed by atoms with Crippen LogP contribution in [0.25, 0.3) is 6.08 Å². The highest BCUT2D eigenvalue weighted by Crippen LogP contribution is 2.10. The van der Waals surface area contributed by atoms with Crippen LogP contribution in [0.3, 0.4) is 0 Å². The van der Waals surface area contributed by atoms with Crippen LogP contribution in [-0.4, -0.2) is 34.6 Å². The Morgan fingerprint density at radius 1 is 1.07 bits per heavy atom. The fraction of sp³-hybridized carbons (Fsp3) is 0.250. The summed E-state index contributed by atoms with van der Waals surface area (Å²) in [7, 11) is -2.04. The molecule has 0 atom stereocenters. The van der Waals surface area contributed by atoms with Crippen molar-refractivity contribution >= 4 is 22.0 Å². The predicted octanol–water partition coefficient (Wildman–Crippen LogP) is 2.25. The van der Waals surface area contributed by atoms with Crippen molar-refractivity contribution in [3.63, 3.8) is 0 Å². The Morgan fingerprint density at radius 2 is 1.74 bits per heavy atom. The summed E-state index contributed by atoms with van der Waals surface area (Å²) in [5.41, 5.74) is 2.92. The molecular weight excluding hydrogens is 364 g/mol. The largest absolute Gasteiger partial charge is 0.383 e. The molecule has 144 valence electrons. The molecule has 0 aromatic heterocycles. The summed E-state index contributed by atoms with van der Waals surface area (Å²) in [6.45, 7) is 2.84. The van der Waals surface area contributed by atoms with Crippen molar-refractivity contribution < 1.29 is 17.9 Å². The molecule has 2 rings (SSSR count). The number of nitrogens with one attached hydrogen (secondary N) is 2. The maximum absolute atomic E-state index is 12.1. The van der Waals surface area contributed by atoms with Crippen molar-refractivity contribution in [3.8, 4) is 0 Å². The highest BCUT2D eigenvalue weighted by atomic mass is 32.2. The summed E-state index contributed by atoms with van der Waals surface area (Å²) in [5, 5.41) is 2.77. The third-order valence-corrected chi connectivity index (χ3v) is 5.28. The SMILES string of the molecule is COCCNS(=O)(=O)c1ccc(CNC(=O)/C=C/c2ccc(C)cc2)cc1. The zero-order valence-electron chi connectivity index (χ0n) is 15.4. The second-order valence-electron chi connectivity index (χ2n) is 6.00. The first kappa shape index (κ1) is 20.8. The summed E-state index contributed by atoms with van der Waals surface area (Å²) in [5.74, 6) is -0.214. The lowest BCUT2D eigenvalue weighted by Gasteiger charge is -2.07. The molecule has 0 radical (unpaired) electrons. The molecule has 2 aromatic carbocycles. The lowest BCUT2D eigenvalue weighted by molar-refractivity contribution is -0.116. The quantitative estimate of drug-likeness (QED) is 0.510. The minimum Gasteiger partial charge on any atom is -0.383 e. The number of methoxy groups -OCH3 is 1. The standard InChI is InChI=1S/C20H24N2O4S/c1-16-3-5-17(6-4-16)9-12-20(23)21-15-18-7-10-19(11-8-18)27(24,25)22-13-14-26-2/h3-12,22H,13-15H2,1-2H3,(H,21,23)/b12-9+. The van der Waals surface area contributed by atoms with Gasteiger partial charge in [0.2, 0.25) is 15.9 Å². The van der Waals surface area contributed by atoms with Crippen molar-refractivity contribution in [2.45, 2.75) is 18.4 Å². The van der Waals surface area contributed by atoms with Crippen LogP contribution in [-0.2, 0) is 26.1 Å². The number of sulfonamides is 1. The number of hydrogen-bond donors (Lipinski definition) is 2. The summed E-state index contributed by atoms with van der Waals surface area (Å²) < 4.78 is 31.4. The number of benzene rings is 2. The monoisotopic (exact) mass is 388 g/mol. The number of hydrogen-bond acceptors (Lipinski definition) is 4. The molecule has 0 unspecified atom stereocenters. The van der Waals surface area contributed by atoms with Gasteiger partial charge in [-0.2, -0.15) is 0 Å². The maximum Gasteiger partial charge on any atom is 0.244 e. The number of carbonyl (C=O) groups excluding carboxylic acids is 1. The average Bonchev–Trinajstić information content (AvgIpc) is 2.66. The molecule has 27 heavy (non-hydrogen) atoms. The van der Waals surface area contributed by atoms with Gasteiger partial charge in [0.05, 0.1) is 11.5 Å². The summed E-state index contributed by atoms with van der Waals surface area (Å²) in [6, 6.07) is 14.2. The van der Waals surface area contributed by atoms with E-state index in [1.54, 1.807) is 18.2 Å². The van der Waals surface area contributed by atoms with Gasteiger partial charge in [-0.25, -0.2) is 13.1 Å². The van der Waals surface area contributed by atoms with Crippen molar-refractivity contribution in [2.24, 2.45) is 0 Å². The minimum atomic E-state index is -3.55. The Hall–Kier alpha value is -2.48. The number of carbonyl (C=O) groups is 1. The first-order chi connectivity index (χ1) is 12.9. The number of ether oxygens (including phenoxy) is 1. The van der Waals surface area contributed by atoms with Crippen LogP contribution in [0.4, 0.5) is 0 Å². The summed E-state index contributed by atoms with van der Waals surface area (Å²) in [4.78, 5) is 12.1. The molecule has 0 saturated carbocycles. The van der Waals surface area contributed by atoms with Crippen LogP contribution in [0.2, 0.25) is 0 Å². The summed E-state index contributed by atoms with van der Waals surface area (Å²) >= 11 is 0. The van der Waals surface area contributed by atoms with Gasteiger partial charge in [-0.1, -0.05) is 42.0 Å². The number of amides is 1. The molecule has 0 bridgehead atoms. The van der Waals surface area contributed by atoms with Gasteiger partial charge < -0.3 is 10.1 Å². The third kappa shape index (κ3) is 6.97. The van der Waals surface area contributed by atoms with E-state index >= 15 is 0 Å². The highest BCUT2D eigenvalue weighted by Gasteiger charge is 2.12. The molecule has 0 saturated heterocycles. The minimum absolute atomic E-state index is 0.174.